The van der Waals surface area contributed by atoms with E-state index < -0.39 is 0 Å². The van der Waals surface area contributed by atoms with E-state index in [1.165, 1.54) is 0 Å². The third-order valence-corrected chi connectivity index (χ3v) is 4.55. The van der Waals surface area contributed by atoms with E-state index >= 15 is 0 Å². The van der Waals surface area contributed by atoms with Gasteiger partial charge in [0.25, 0.3) is 0 Å². The summed E-state index contributed by atoms with van der Waals surface area (Å²) in [6, 6.07) is 0.0742. The molecule has 0 aliphatic carbocycles. The number of thiazole rings is 1. The first kappa shape index (κ1) is 13.0. The predicted molar refractivity (Wildman–Crippen MR) is 75.0 cm³/mol. The molecule has 0 saturated carbocycles. The lowest BCUT2D eigenvalue weighted by molar-refractivity contribution is -0.134. The second-order valence-electron chi connectivity index (χ2n) is 5.23. The van der Waals surface area contributed by atoms with Crippen LogP contribution in [0.2, 0.25) is 0 Å². The van der Waals surface area contributed by atoms with Gasteiger partial charge in [-0.2, -0.15) is 0 Å². The first-order valence-electron chi connectivity index (χ1n) is 6.94. The molecule has 6 heteroatoms. The van der Waals surface area contributed by atoms with Crippen LogP contribution in [0, 0.1) is 0 Å². The van der Waals surface area contributed by atoms with Gasteiger partial charge in [-0.3, -0.25) is 9.69 Å². The summed E-state index contributed by atoms with van der Waals surface area (Å²) >= 11 is 1.64. The third-order valence-electron chi connectivity index (χ3n) is 3.91. The topological polar surface area (TPSA) is 48.5 Å². The van der Waals surface area contributed by atoms with E-state index in [0.29, 0.717) is 5.91 Å². The molecule has 0 spiro atoms. The maximum Gasteiger partial charge on any atom is 0.239 e. The first-order chi connectivity index (χ1) is 9.33. The van der Waals surface area contributed by atoms with Crippen molar-refractivity contribution in [3.8, 4) is 0 Å². The second-order valence-corrected chi connectivity index (χ2v) is 5.95. The van der Waals surface area contributed by atoms with Gasteiger partial charge < -0.3 is 10.2 Å². The molecule has 3 heterocycles. The van der Waals surface area contributed by atoms with Crippen molar-refractivity contribution in [3.05, 3.63) is 16.6 Å². The van der Waals surface area contributed by atoms with Gasteiger partial charge in [-0.1, -0.05) is 0 Å². The third kappa shape index (κ3) is 3.13. The van der Waals surface area contributed by atoms with Crippen molar-refractivity contribution in [2.75, 3.05) is 32.7 Å². The van der Waals surface area contributed by atoms with Crippen LogP contribution >= 0.6 is 11.3 Å². The molecule has 0 bridgehead atoms. The number of piperazine rings is 1. The number of rotatable bonds is 3. The number of hydrogen-bond donors (Lipinski definition) is 1. The highest BCUT2D eigenvalue weighted by Crippen LogP contribution is 2.12. The molecule has 0 aromatic carbocycles. The zero-order valence-electron chi connectivity index (χ0n) is 11.0. The van der Waals surface area contributed by atoms with Crippen molar-refractivity contribution in [1.29, 1.82) is 0 Å². The summed E-state index contributed by atoms with van der Waals surface area (Å²) in [6.07, 6.45) is 2.12. The lowest BCUT2D eigenvalue weighted by Gasteiger charge is -2.35. The number of hydrogen-bond acceptors (Lipinski definition) is 5. The van der Waals surface area contributed by atoms with Crippen molar-refractivity contribution >= 4 is 17.2 Å². The second kappa shape index (κ2) is 5.98. The molecule has 104 valence electrons. The van der Waals surface area contributed by atoms with Gasteiger partial charge in [0.2, 0.25) is 5.91 Å². The highest BCUT2D eigenvalue weighted by molar-refractivity contribution is 7.07. The minimum Gasteiger partial charge on any atom is -0.339 e. The molecule has 1 unspecified atom stereocenters. The van der Waals surface area contributed by atoms with Crippen molar-refractivity contribution in [2.45, 2.75) is 25.4 Å². The maximum atomic E-state index is 12.3. The quantitative estimate of drug-likeness (QED) is 0.878. The van der Waals surface area contributed by atoms with Crippen LogP contribution in [0.3, 0.4) is 0 Å². The molecule has 2 saturated heterocycles. The van der Waals surface area contributed by atoms with Crippen LogP contribution in [-0.2, 0) is 11.3 Å². The van der Waals surface area contributed by atoms with Gasteiger partial charge in [-0.25, -0.2) is 4.98 Å². The molecule has 2 aliphatic heterocycles. The minimum absolute atomic E-state index is 0.0742. The van der Waals surface area contributed by atoms with Gasteiger partial charge in [-0.05, 0) is 19.4 Å². The van der Waals surface area contributed by atoms with E-state index in [1.807, 2.05) is 10.4 Å². The first-order valence-corrected chi connectivity index (χ1v) is 7.89. The van der Waals surface area contributed by atoms with E-state index in [4.69, 9.17) is 0 Å². The number of nitrogens with zero attached hydrogens (tertiary/aromatic N) is 3. The van der Waals surface area contributed by atoms with Crippen LogP contribution in [0.5, 0.6) is 0 Å². The van der Waals surface area contributed by atoms with Gasteiger partial charge in [-0.15, -0.1) is 11.3 Å². The van der Waals surface area contributed by atoms with E-state index in [0.717, 1.165) is 57.8 Å². The number of carbonyl (C=O) groups is 1. The molecule has 5 nitrogen and oxygen atoms in total. The van der Waals surface area contributed by atoms with Gasteiger partial charge in [0.15, 0.2) is 0 Å². The van der Waals surface area contributed by atoms with Crippen molar-refractivity contribution in [2.24, 2.45) is 0 Å². The summed E-state index contributed by atoms with van der Waals surface area (Å²) in [4.78, 5) is 21.0. The Hall–Kier alpha value is -0.980. The van der Waals surface area contributed by atoms with Gasteiger partial charge in [0.05, 0.1) is 17.2 Å². The van der Waals surface area contributed by atoms with Crippen LogP contribution in [-0.4, -0.2) is 59.5 Å². The smallest absolute Gasteiger partial charge is 0.239 e. The maximum absolute atomic E-state index is 12.3. The Bertz CT molecular complexity index is 408. The Balaban J connectivity index is 1.47. The van der Waals surface area contributed by atoms with E-state index in [2.05, 4.69) is 20.6 Å². The summed E-state index contributed by atoms with van der Waals surface area (Å²) in [5.41, 5.74) is 3.02. The molecule has 2 fully saturated rings. The van der Waals surface area contributed by atoms with Crippen molar-refractivity contribution < 1.29 is 4.79 Å². The highest BCUT2D eigenvalue weighted by atomic mass is 32.1. The number of carbonyl (C=O) groups excluding carboxylic acids is 1. The molecule has 1 atom stereocenters. The van der Waals surface area contributed by atoms with Crippen LogP contribution < -0.4 is 5.32 Å². The Labute approximate surface area is 117 Å². The molecule has 1 aromatic rings. The van der Waals surface area contributed by atoms with Gasteiger partial charge in [0, 0.05) is 38.1 Å². The molecule has 19 heavy (non-hydrogen) atoms. The zero-order valence-corrected chi connectivity index (χ0v) is 11.9. The van der Waals surface area contributed by atoms with Crippen molar-refractivity contribution in [1.82, 2.24) is 20.1 Å². The molecular formula is C13H20N4OS. The number of aromatic nitrogens is 1. The van der Waals surface area contributed by atoms with Crippen LogP contribution in [0.15, 0.2) is 10.9 Å². The summed E-state index contributed by atoms with van der Waals surface area (Å²) in [5.74, 6) is 0.297. The predicted octanol–water partition coefficient (Wildman–Crippen LogP) is 0.539. The average Bonchev–Trinajstić information content (AvgIpc) is 3.12. The van der Waals surface area contributed by atoms with Crippen molar-refractivity contribution in [3.63, 3.8) is 0 Å². The highest BCUT2D eigenvalue weighted by Gasteiger charge is 2.29. The Morgan fingerprint density at radius 1 is 1.42 bits per heavy atom. The minimum atomic E-state index is 0.0742. The Morgan fingerprint density at radius 3 is 2.89 bits per heavy atom. The largest absolute Gasteiger partial charge is 0.339 e. The zero-order chi connectivity index (χ0) is 13.1. The molecule has 0 radical (unpaired) electrons. The molecule has 1 N–H and O–H groups in total. The Morgan fingerprint density at radius 2 is 2.26 bits per heavy atom. The lowest BCUT2D eigenvalue weighted by atomic mass is 10.2. The SMILES string of the molecule is O=C(C1CCCN1)N1CCN(Cc2cscn2)CC1. The summed E-state index contributed by atoms with van der Waals surface area (Å²) in [7, 11) is 0. The molecule has 3 rings (SSSR count). The fourth-order valence-electron chi connectivity index (χ4n) is 2.79. The molecule has 2 aliphatic rings. The summed E-state index contributed by atoms with van der Waals surface area (Å²) in [6.45, 7) is 5.50. The monoisotopic (exact) mass is 280 g/mol. The number of nitrogens with one attached hydrogen (secondary N) is 1. The van der Waals surface area contributed by atoms with E-state index in [-0.39, 0.29) is 6.04 Å². The molecule has 1 aromatic heterocycles. The summed E-state index contributed by atoms with van der Waals surface area (Å²) in [5, 5.41) is 5.38. The fourth-order valence-corrected chi connectivity index (χ4v) is 3.34. The molecule has 1 amide bonds. The normalized spacial score (nSPS) is 24.8. The average molecular weight is 280 g/mol. The van der Waals surface area contributed by atoms with Crippen LogP contribution in [0.25, 0.3) is 0 Å². The van der Waals surface area contributed by atoms with E-state index in [9.17, 15) is 4.79 Å². The van der Waals surface area contributed by atoms with Crippen LogP contribution in [0.4, 0.5) is 0 Å². The van der Waals surface area contributed by atoms with Crippen LogP contribution in [0.1, 0.15) is 18.5 Å². The molecular weight excluding hydrogens is 260 g/mol. The standard InChI is InChI=1S/C13H20N4OS/c18-13(12-2-1-3-14-12)17-6-4-16(5-7-17)8-11-9-19-10-15-11/h9-10,12,14H,1-8H2. The van der Waals surface area contributed by atoms with Gasteiger partial charge in [0.1, 0.15) is 0 Å². The van der Waals surface area contributed by atoms with E-state index in [1.54, 1.807) is 11.3 Å². The fraction of sp³-hybridized carbons (Fsp3) is 0.692. The lowest BCUT2D eigenvalue weighted by Crippen LogP contribution is -2.52. The summed E-state index contributed by atoms with van der Waals surface area (Å²) < 4.78 is 0. The van der Waals surface area contributed by atoms with Gasteiger partial charge >= 0.3 is 0 Å². The number of amides is 1. The Kier molecular flexibility index (Phi) is 4.10.